The van der Waals surface area contributed by atoms with Crippen molar-refractivity contribution in [2.24, 2.45) is 0 Å². The van der Waals surface area contributed by atoms with E-state index in [2.05, 4.69) is 43.2 Å². The molecule has 134 valence electrons. The number of nitrogens with one attached hydrogen (secondary N) is 1. The van der Waals surface area contributed by atoms with Gasteiger partial charge < -0.3 is 9.64 Å². The van der Waals surface area contributed by atoms with Crippen LogP contribution in [0.1, 0.15) is 37.4 Å². The molecule has 1 atom stereocenters. The molecule has 2 aliphatic rings. The normalized spacial score (nSPS) is 22.9. The SMILES string of the molecule is COc1cccc(N2CCC(N3CCC[C@@H](c4ncn[nH]4)C3)CC2)c1. The smallest absolute Gasteiger partial charge is 0.137 e. The highest BCUT2D eigenvalue weighted by Gasteiger charge is 2.30. The maximum atomic E-state index is 5.36. The second-order valence-corrected chi connectivity index (χ2v) is 7.12. The fraction of sp³-hybridized carbons (Fsp3) is 0.579. The van der Waals surface area contributed by atoms with Crippen molar-refractivity contribution >= 4 is 5.69 Å². The second-order valence-electron chi connectivity index (χ2n) is 7.12. The average Bonchev–Trinajstić information content (AvgIpc) is 3.23. The Labute approximate surface area is 149 Å². The number of benzene rings is 1. The monoisotopic (exact) mass is 341 g/mol. The summed E-state index contributed by atoms with van der Waals surface area (Å²) in [6.45, 7) is 4.55. The maximum Gasteiger partial charge on any atom is 0.137 e. The van der Waals surface area contributed by atoms with Crippen LogP contribution in [0.5, 0.6) is 5.75 Å². The number of likely N-dealkylation sites (tertiary alicyclic amines) is 1. The second kappa shape index (κ2) is 7.44. The molecule has 6 nitrogen and oxygen atoms in total. The molecule has 2 saturated heterocycles. The molecule has 0 spiro atoms. The van der Waals surface area contributed by atoms with Gasteiger partial charge in [0.05, 0.1) is 7.11 Å². The van der Waals surface area contributed by atoms with Gasteiger partial charge in [-0.2, -0.15) is 5.10 Å². The van der Waals surface area contributed by atoms with Crippen LogP contribution in [0.2, 0.25) is 0 Å². The Balaban J connectivity index is 1.35. The topological polar surface area (TPSA) is 57.3 Å². The number of methoxy groups -OCH3 is 1. The lowest BCUT2D eigenvalue weighted by Gasteiger charge is -2.42. The largest absolute Gasteiger partial charge is 0.497 e. The third-order valence-corrected chi connectivity index (χ3v) is 5.67. The van der Waals surface area contributed by atoms with Crippen molar-refractivity contribution in [1.29, 1.82) is 0 Å². The zero-order valence-corrected chi connectivity index (χ0v) is 14.9. The van der Waals surface area contributed by atoms with Crippen molar-refractivity contribution in [3.8, 4) is 5.75 Å². The predicted octanol–water partition coefficient (Wildman–Crippen LogP) is 2.66. The fourth-order valence-corrected chi connectivity index (χ4v) is 4.27. The van der Waals surface area contributed by atoms with Gasteiger partial charge in [-0.25, -0.2) is 4.98 Å². The fourth-order valence-electron chi connectivity index (χ4n) is 4.27. The van der Waals surface area contributed by atoms with Gasteiger partial charge in [0.2, 0.25) is 0 Å². The van der Waals surface area contributed by atoms with Gasteiger partial charge in [-0.3, -0.25) is 10.00 Å². The molecule has 1 aromatic carbocycles. The lowest BCUT2D eigenvalue weighted by atomic mass is 9.93. The van der Waals surface area contributed by atoms with Crippen LogP contribution in [0.25, 0.3) is 0 Å². The highest BCUT2D eigenvalue weighted by molar-refractivity contribution is 5.51. The summed E-state index contributed by atoms with van der Waals surface area (Å²) in [7, 11) is 1.73. The van der Waals surface area contributed by atoms with Crippen molar-refractivity contribution in [3.05, 3.63) is 36.4 Å². The van der Waals surface area contributed by atoms with Crippen LogP contribution in [0.3, 0.4) is 0 Å². The molecule has 2 aliphatic heterocycles. The molecule has 0 aliphatic carbocycles. The van der Waals surface area contributed by atoms with Crippen molar-refractivity contribution in [1.82, 2.24) is 20.1 Å². The maximum absolute atomic E-state index is 5.36. The Morgan fingerprint density at radius 2 is 2.04 bits per heavy atom. The van der Waals surface area contributed by atoms with E-state index in [1.165, 1.54) is 37.9 Å². The van der Waals surface area contributed by atoms with Crippen LogP contribution in [-0.4, -0.2) is 59.4 Å². The van der Waals surface area contributed by atoms with Crippen molar-refractivity contribution in [2.75, 3.05) is 38.2 Å². The Hall–Kier alpha value is -2.08. The van der Waals surface area contributed by atoms with Gasteiger partial charge in [0.1, 0.15) is 17.9 Å². The van der Waals surface area contributed by atoms with Gasteiger partial charge in [0, 0.05) is 43.3 Å². The molecule has 6 heteroatoms. The third kappa shape index (κ3) is 3.63. The summed E-state index contributed by atoms with van der Waals surface area (Å²) in [4.78, 5) is 9.54. The van der Waals surface area contributed by atoms with Gasteiger partial charge in [0.15, 0.2) is 0 Å². The van der Waals surface area contributed by atoms with E-state index in [0.717, 1.165) is 31.2 Å². The summed E-state index contributed by atoms with van der Waals surface area (Å²) in [5.41, 5.74) is 1.27. The number of aromatic amines is 1. The summed E-state index contributed by atoms with van der Waals surface area (Å²) in [5, 5.41) is 7.08. The summed E-state index contributed by atoms with van der Waals surface area (Å²) < 4.78 is 5.36. The van der Waals surface area contributed by atoms with Crippen LogP contribution >= 0.6 is 0 Å². The number of rotatable bonds is 4. The van der Waals surface area contributed by atoms with E-state index < -0.39 is 0 Å². The van der Waals surface area contributed by atoms with E-state index in [1.807, 2.05) is 6.07 Å². The molecule has 2 aromatic rings. The van der Waals surface area contributed by atoms with Crippen LogP contribution < -0.4 is 9.64 Å². The standard InChI is InChI=1S/C19H27N5O/c1-25-18-6-2-5-17(12-18)23-10-7-16(8-11-23)24-9-3-4-15(13-24)19-20-14-21-22-19/h2,5-6,12,14-16H,3-4,7-11,13H2,1H3,(H,20,21,22)/t15-/m1/s1. The lowest BCUT2D eigenvalue weighted by molar-refractivity contribution is 0.126. The van der Waals surface area contributed by atoms with Crippen molar-refractivity contribution in [2.45, 2.75) is 37.6 Å². The van der Waals surface area contributed by atoms with E-state index in [4.69, 9.17) is 4.74 Å². The zero-order valence-electron chi connectivity index (χ0n) is 14.9. The molecule has 1 N–H and O–H groups in total. The number of piperidine rings is 2. The molecule has 0 bridgehead atoms. The summed E-state index contributed by atoms with van der Waals surface area (Å²) in [6.07, 6.45) is 6.54. The molecule has 0 unspecified atom stereocenters. The predicted molar refractivity (Wildman–Crippen MR) is 98.2 cm³/mol. The zero-order chi connectivity index (χ0) is 17.1. The Morgan fingerprint density at radius 1 is 1.16 bits per heavy atom. The van der Waals surface area contributed by atoms with Crippen LogP contribution in [0.4, 0.5) is 5.69 Å². The first-order valence-electron chi connectivity index (χ1n) is 9.32. The van der Waals surface area contributed by atoms with Crippen LogP contribution in [0.15, 0.2) is 30.6 Å². The number of H-pyrrole nitrogens is 1. The minimum atomic E-state index is 0.507. The number of aromatic nitrogens is 3. The highest BCUT2D eigenvalue weighted by atomic mass is 16.5. The summed E-state index contributed by atoms with van der Waals surface area (Å²) in [6, 6.07) is 9.10. The van der Waals surface area contributed by atoms with E-state index in [1.54, 1.807) is 13.4 Å². The molecule has 2 fully saturated rings. The van der Waals surface area contributed by atoms with E-state index in [0.29, 0.717) is 12.0 Å². The quantitative estimate of drug-likeness (QED) is 0.926. The van der Waals surface area contributed by atoms with Gasteiger partial charge >= 0.3 is 0 Å². The molecule has 0 amide bonds. The molecular formula is C19H27N5O. The molecule has 0 radical (unpaired) electrons. The van der Waals surface area contributed by atoms with Crippen LogP contribution in [0, 0.1) is 0 Å². The lowest BCUT2D eigenvalue weighted by Crippen LogP contribution is -2.48. The number of nitrogens with zero attached hydrogens (tertiary/aromatic N) is 4. The molecular weight excluding hydrogens is 314 g/mol. The molecule has 25 heavy (non-hydrogen) atoms. The number of hydrogen-bond donors (Lipinski definition) is 1. The third-order valence-electron chi connectivity index (χ3n) is 5.67. The van der Waals surface area contributed by atoms with Gasteiger partial charge in [-0.1, -0.05) is 6.07 Å². The molecule has 0 saturated carbocycles. The van der Waals surface area contributed by atoms with E-state index in [9.17, 15) is 0 Å². The number of anilines is 1. The van der Waals surface area contributed by atoms with Crippen molar-refractivity contribution < 1.29 is 4.74 Å². The molecule has 4 rings (SSSR count). The Morgan fingerprint density at radius 3 is 2.80 bits per heavy atom. The van der Waals surface area contributed by atoms with Crippen molar-refractivity contribution in [3.63, 3.8) is 0 Å². The summed E-state index contributed by atoms with van der Waals surface area (Å²) in [5.74, 6) is 2.50. The summed E-state index contributed by atoms with van der Waals surface area (Å²) >= 11 is 0. The molecule has 3 heterocycles. The first-order valence-corrected chi connectivity index (χ1v) is 9.32. The van der Waals surface area contributed by atoms with Crippen LogP contribution in [-0.2, 0) is 0 Å². The first kappa shape index (κ1) is 16.4. The Bertz CT molecular complexity index is 666. The highest BCUT2D eigenvalue weighted by Crippen LogP contribution is 2.30. The number of hydrogen-bond acceptors (Lipinski definition) is 5. The van der Waals surface area contributed by atoms with Gasteiger partial charge in [-0.05, 0) is 44.4 Å². The van der Waals surface area contributed by atoms with E-state index >= 15 is 0 Å². The minimum absolute atomic E-state index is 0.507. The Kier molecular flexibility index (Phi) is 4.88. The first-order chi connectivity index (χ1) is 12.3. The van der Waals surface area contributed by atoms with Gasteiger partial charge in [0.25, 0.3) is 0 Å². The number of ether oxygens (including phenoxy) is 1. The average molecular weight is 341 g/mol. The van der Waals surface area contributed by atoms with Gasteiger partial charge in [-0.15, -0.1) is 0 Å². The van der Waals surface area contributed by atoms with E-state index in [-0.39, 0.29) is 0 Å². The minimum Gasteiger partial charge on any atom is -0.497 e. The molecule has 1 aromatic heterocycles.